The Bertz CT molecular complexity index is 365. The Morgan fingerprint density at radius 3 is 2.82 bits per heavy atom. The molecule has 1 aliphatic heterocycles. The van der Waals surface area contributed by atoms with E-state index in [4.69, 9.17) is 5.73 Å². The third-order valence-corrected chi connectivity index (χ3v) is 3.46. The minimum atomic E-state index is -0.0324. The number of benzene rings is 1. The summed E-state index contributed by atoms with van der Waals surface area (Å²) in [5.41, 5.74) is 8.94. The van der Waals surface area contributed by atoms with Crippen LogP contribution in [0.3, 0.4) is 0 Å². The summed E-state index contributed by atoms with van der Waals surface area (Å²) in [6.45, 7) is 6.55. The number of para-hydroxylation sites is 1. The van der Waals surface area contributed by atoms with Gasteiger partial charge < -0.3 is 10.6 Å². The number of hydrogen-bond donors (Lipinski definition) is 1. The van der Waals surface area contributed by atoms with Crippen molar-refractivity contribution in [2.75, 3.05) is 18.0 Å². The number of aryl methyl sites for hydroxylation is 1. The molecule has 0 spiro atoms. The van der Waals surface area contributed by atoms with Crippen molar-refractivity contribution >= 4 is 5.69 Å². The van der Waals surface area contributed by atoms with E-state index < -0.39 is 0 Å². The summed E-state index contributed by atoms with van der Waals surface area (Å²) in [5.74, 6) is 0. The van der Waals surface area contributed by atoms with Crippen LogP contribution in [-0.2, 0) is 6.42 Å². The van der Waals surface area contributed by atoms with Crippen LogP contribution in [-0.4, -0.2) is 18.6 Å². The third kappa shape index (κ3) is 3.47. The molecule has 17 heavy (non-hydrogen) atoms. The number of fused-ring (bicyclic) bond motifs is 1. The van der Waals surface area contributed by atoms with E-state index in [1.54, 1.807) is 0 Å². The third-order valence-electron chi connectivity index (χ3n) is 3.46. The van der Waals surface area contributed by atoms with Gasteiger partial charge in [0.15, 0.2) is 0 Å². The molecule has 0 unspecified atom stereocenters. The number of anilines is 1. The Kier molecular flexibility index (Phi) is 3.72. The fraction of sp³-hybridized carbons (Fsp3) is 0.600. The monoisotopic (exact) mass is 232 g/mol. The van der Waals surface area contributed by atoms with Gasteiger partial charge in [0, 0.05) is 24.3 Å². The molecule has 1 aromatic carbocycles. The molecule has 2 rings (SSSR count). The van der Waals surface area contributed by atoms with Crippen LogP contribution in [0.2, 0.25) is 0 Å². The van der Waals surface area contributed by atoms with E-state index in [-0.39, 0.29) is 5.54 Å². The molecule has 0 amide bonds. The first-order valence-electron chi connectivity index (χ1n) is 6.68. The van der Waals surface area contributed by atoms with Gasteiger partial charge in [-0.15, -0.1) is 0 Å². The van der Waals surface area contributed by atoms with E-state index in [0.717, 1.165) is 13.0 Å². The second-order valence-electron chi connectivity index (χ2n) is 5.81. The molecule has 2 heteroatoms. The minimum Gasteiger partial charge on any atom is -0.371 e. The summed E-state index contributed by atoms with van der Waals surface area (Å²) in [5, 5.41) is 0. The first kappa shape index (κ1) is 12.4. The number of nitrogens with two attached hydrogens (primary N) is 1. The van der Waals surface area contributed by atoms with Crippen LogP contribution >= 0.6 is 0 Å². The van der Waals surface area contributed by atoms with Crippen LogP contribution < -0.4 is 10.6 Å². The molecule has 0 radical (unpaired) electrons. The molecule has 0 saturated heterocycles. The quantitative estimate of drug-likeness (QED) is 0.865. The topological polar surface area (TPSA) is 29.3 Å². The average Bonchev–Trinajstić information content (AvgIpc) is 2.28. The Morgan fingerprint density at radius 1 is 1.29 bits per heavy atom. The standard InChI is InChI=1S/C15H24N2/c1-15(2,16)10-6-12-17-11-5-8-13-7-3-4-9-14(13)17/h3-4,7,9H,5-6,8,10-12,16H2,1-2H3. The highest BCUT2D eigenvalue weighted by molar-refractivity contribution is 5.55. The van der Waals surface area contributed by atoms with Crippen molar-refractivity contribution in [1.82, 2.24) is 0 Å². The lowest BCUT2D eigenvalue weighted by Crippen LogP contribution is -2.35. The molecular formula is C15H24N2. The molecule has 2 N–H and O–H groups in total. The van der Waals surface area contributed by atoms with Crippen LogP contribution in [0.4, 0.5) is 5.69 Å². The molecule has 0 aromatic heterocycles. The van der Waals surface area contributed by atoms with Crippen molar-refractivity contribution in [3.63, 3.8) is 0 Å². The van der Waals surface area contributed by atoms with Gasteiger partial charge in [0.1, 0.15) is 0 Å². The molecule has 94 valence electrons. The van der Waals surface area contributed by atoms with Gasteiger partial charge in [0.25, 0.3) is 0 Å². The van der Waals surface area contributed by atoms with Gasteiger partial charge in [-0.1, -0.05) is 18.2 Å². The summed E-state index contributed by atoms with van der Waals surface area (Å²) < 4.78 is 0. The second kappa shape index (κ2) is 5.09. The number of rotatable bonds is 4. The maximum atomic E-state index is 6.03. The molecule has 1 heterocycles. The highest BCUT2D eigenvalue weighted by Gasteiger charge is 2.17. The normalized spacial score (nSPS) is 15.8. The molecule has 1 aliphatic rings. The lowest BCUT2D eigenvalue weighted by molar-refractivity contribution is 0.456. The molecule has 2 nitrogen and oxygen atoms in total. The lowest BCUT2D eigenvalue weighted by Gasteiger charge is -2.32. The van der Waals surface area contributed by atoms with Crippen molar-refractivity contribution in [2.24, 2.45) is 5.73 Å². The summed E-state index contributed by atoms with van der Waals surface area (Å²) in [6.07, 6.45) is 4.78. The van der Waals surface area contributed by atoms with Gasteiger partial charge in [0.2, 0.25) is 0 Å². The maximum Gasteiger partial charge on any atom is 0.0398 e. The van der Waals surface area contributed by atoms with Gasteiger partial charge in [-0.05, 0) is 51.2 Å². The molecule has 1 aromatic rings. The molecular weight excluding hydrogens is 208 g/mol. The van der Waals surface area contributed by atoms with Gasteiger partial charge >= 0.3 is 0 Å². The molecule has 0 aliphatic carbocycles. The van der Waals surface area contributed by atoms with Crippen LogP contribution in [0.5, 0.6) is 0 Å². The van der Waals surface area contributed by atoms with E-state index in [2.05, 4.69) is 43.0 Å². The highest BCUT2D eigenvalue weighted by atomic mass is 15.1. The van der Waals surface area contributed by atoms with E-state index in [9.17, 15) is 0 Å². The summed E-state index contributed by atoms with van der Waals surface area (Å²) >= 11 is 0. The zero-order valence-electron chi connectivity index (χ0n) is 11.1. The zero-order chi connectivity index (χ0) is 12.3. The van der Waals surface area contributed by atoms with E-state index in [0.29, 0.717) is 0 Å². The SMILES string of the molecule is CC(C)(N)CCCN1CCCc2ccccc21. The highest BCUT2D eigenvalue weighted by Crippen LogP contribution is 2.27. The predicted octanol–water partition coefficient (Wildman–Crippen LogP) is 2.96. The first-order valence-corrected chi connectivity index (χ1v) is 6.68. The van der Waals surface area contributed by atoms with Crippen LogP contribution in [0, 0.1) is 0 Å². The van der Waals surface area contributed by atoms with Gasteiger partial charge in [-0.3, -0.25) is 0 Å². The van der Waals surface area contributed by atoms with Gasteiger partial charge in [-0.25, -0.2) is 0 Å². The Balaban J connectivity index is 1.95. The van der Waals surface area contributed by atoms with E-state index in [1.807, 2.05) is 0 Å². The van der Waals surface area contributed by atoms with Gasteiger partial charge in [-0.2, -0.15) is 0 Å². The zero-order valence-corrected chi connectivity index (χ0v) is 11.1. The Labute approximate surface area is 105 Å². The number of nitrogens with zero attached hydrogens (tertiary/aromatic N) is 1. The van der Waals surface area contributed by atoms with Crippen LogP contribution in [0.15, 0.2) is 24.3 Å². The van der Waals surface area contributed by atoms with Crippen molar-refractivity contribution in [1.29, 1.82) is 0 Å². The summed E-state index contributed by atoms with van der Waals surface area (Å²) in [6, 6.07) is 8.80. The molecule has 0 saturated carbocycles. The first-order chi connectivity index (χ1) is 8.06. The van der Waals surface area contributed by atoms with Crippen molar-refractivity contribution in [3.8, 4) is 0 Å². The Hall–Kier alpha value is -1.02. The molecule has 0 fully saturated rings. The largest absolute Gasteiger partial charge is 0.371 e. The van der Waals surface area contributed by atoms with E-state index in [1.165, 1.54) is 37.1 Å². The van der Waals surface area contributed by atoms with Crippen LogP contribution in [0.25, 0.3) is 0 Å². The lowest BCUT2D eigenvalue weighted by atomic mass is 9.98. The fourth-order valence-electron chi connectivity index (χ4n) is 2.57. The van der Waals surface area contributed by atoms with Gasteiger partial charge in [0.05, 0.1) is 0 Å². The summed E-state index contributed by atoms with van der Waals surface area (Å²) in [4.78, 5) is 2.52. The van der Waals surface area contributed by atoms with Crippen molar-refractivity contribution in [3.05, 3.63) is 29.8 Å². The fourth-order valence-corrected chi connectivity index (χ4v) is 2.57. The Morgan fingerprint density at radius 2 is 2.06 bits per heavy atom. The van der Waals surface area contributed by atoms with E-state index >= 15 is 0 Å². The van der Waals surface area contributed by atoms with Crippen molar-refractivity contribution < 1.29 is 0 Å². The smallest absolute Gasteiger partial charge is 0.0398 e. The molecule has 0 atom stereocenters. The number of hydrogen-bond acceptors (Lipinski definition) is 2. The predicted molar refractivity (Wildman–Crippen MR) is 74.5 cm³/mol. The molecule has 0 bridgehead atoms. The minimum absolute atomic E-state index is 0.0324. The average molecular weight is 232 g/mol. The van der Waals surface area contributed by atoms with Crippen molar-refractivity contribution in [2.45, 2.75) is 45.1 Å². The summed E-state index contributed by atoms with van der Waals surface area (Å²) in [7, 11) is 0. The maximum absolute atomic E-state index is 6.03. The van der Waals surface area contributed by atoms with Crippen LogP contribution in [0.1, 0.15) is 38.7 Å². The second-order valence-corrected chi connectivity index (χ2v) is 5.81.